The van der Waals surface area contributed by atoms with E-state index in [-0.39, 0.29) is 18.1 Å². The fourth-order valence-electron chi connectivity index (χ4n) is 3.03. The van der Waals surface area contributed by atoms with E-state index in [9.17, 15) is 9.59 Å². The van der Waals surface area contributed by atoms with Crippen LogP contribution in [0.2, 0.25) is 0 Å². The molecule has 4 rings (SSSR count). The molecule has 5 nitrogen and oxygen atoms in total. The van der Waals surface area contributed by atoms with E-state index in [1.807, 2.05) is 36.4 Å². The molecule has 0 aliphatic heterocycles. The van der Waals surface area contributed by atoms with Gasteiger partial charge in [-0.15, -0.1) is 0 Å². The minimum absolute atomic E-state index is 0.0613. The standard InChI is InChI=1S/C19H16N2O3/c22-17-16-4-2-1-3-13(16)11-15(21-17)12-24-18(23)19(7-8-19)14-5-9-20-10-6-14/h1-6,9-11H,7-8,12H2,(H,21,22). The van der Waals surface area contributed by atoms with Gasteiger partial charge in [0.2, 0.25) is 0 Å². The van der Waals surface area contributed by atoms with Gasteiger partial charge in [-0.3, -0.25) is 14.6 Å². The number of aromatic amines is 1. The van der Waals surface area contributed by atoms with Crippen LogP contribution in [0.15, 0.2) is 59.7 Å². The number of ether oxygens (including phenoxy) is 1. The molecule has 0 saturated heterocycles. The van der Waals surface area contributed by atoms with Crippen molar-refractivity contribution in [1.29, 1.82) is 0 Å². The van der Waals surface area contributed by atoms with Crippen LogP contribution in [0.4, 0.5) is 0 Å². The molecule has 2 aromatic heterocycles. The molecular formula is C19H16N2O3. The van der Waals surface area contributed by atoms with Crippen molar-refractivity contribution in [1.82, 2.24) is 9.97 Å². The van der Waals surface area contributed by atoms with E-state index in [0.717, 1.165) is 23.8 Å². The first-order valence-electron chi connectivity index (χ1n) is 7.88. The highest BCUT2D eigenvalue weighted by Crippen LogP contribution is 2.49. The molecular weight excluding hydrogens is 304 g/mol. The summed E-state index contributed by atoms with van der Waals surface area (Å²) in [6.45, 7) is 0.0613. The molecule has 120 valence electrons. The Balaban J connectivity index is 1.53. The summed E-state index contributed by atoms with van der Waals surface area (Å²) in [5.74, 6) is -0.247. The third-order valence-electron chi connectivity index (χ3n) is 4.54. The predicted molar refractivity (Wildman–Crippen MR) is 89.5 cm³/mol. The Labute approximate surface area is 138 Å². The van der Waals surface area contributed by atoms with Crippen molar-refractivity contribution in [2.24, 2.45) is 0 Å². The molecule has 2 heterocycles. The van der Waals surface area contributed by atoms with Crippen molar-refractivity contribution >= 4 is 16.7 Å². The number of esters is 1. The summed E-state index contributed by atoms with van der Waals surface area (Å²) in [6, 6.07) is 12.9. The average Bonchev–Trinajstić information content (AvgIpc) is 3.42. The van der Waals surface area contributed by atoms with Gasteiger partial charge in [-0.05, 0) is 48.1 Å². The number of nitrogens with zero attached hydrogens (tertiary/aromatic N) is 1. The number of rotatable bonds is 4. The molecule has 1 aliphatic carbocycles. The second-order valence-electron chi connectivity index (χ2n) is 6.11. The number of H-pyrrole nitrogens is 1. The summed E-state index contributed by atoms with van der Waals surface area (Å²) in [5, 5.41) is 1.46. The molecule has 3 aromatic rings. The van der Waals surface area contributed by atoms with E-state index in [4.69, 9.17) is 4.74 Å². The maximum atomic E-state index is 12.5. The van der Waals surface area contributed by atoms with Crippen molar-refractivity contribution in [3.05, 3.63) is 76.5 Å². The number of nitrogens with one attached hydrogen (secondary N) is 1. The van der Waals surface area contributed by atoms with Crippen LogP contribution in [0, 0.1) is 0 Å². The quantitative estimate of drug-likeness (QED) is 0.750. The van der Waals surface area contributed by atoms with Crippen molar-refractivity contribution in [3.8, 4) is 0 Å². The lowest BCUT2D eigenvalue weighted by Crippen LogP contribution is -2.23. The van der Waals surface area contributed by atoms with Gasteiger partial charge < -0.3 is 9.72 Å². The Hall–Kier alpha value is -2.95. The minimum atomic E-state index is -0.542. The number of aromatic nitrogens is 2. The summed E-state index contributed by atoms with van der Waals surface area (Å²) >= 11 is 0. The van der Waals surface area contributed by atoms with Gasteiger partial charge >= 0.3 is 5.97 Å². The van der Waals surface area contributed by atoms with Crippen LogP contribution in [-0.2, 0) is 21.6 Å². The highest BCUT2D eigenvalue weighted by atomic mass is 16.5. The number of fused-ring (bicyclic) bond motifs is 1. The zero-order chi connectivity index (χ0) is 16.6. The summed E-state index contributed by atoms with van der Waals surface area (Å²) in [7, 11) is 0. The Kier molecular flexibility index (Phi) is 3.41. The molecule has 1 aliphatic rings. The van der Waals surface area contributed by atoms with Crippen LogP contribution >= 0.6 is 0 Å². The first-order valence-corrected chi connectivity index (χ1v) is 7.88. The van der Waals surface area contributed by atoms with Gasteiger partial charge in [-0.25, -0.2) is 0 Å². The summed E-state index contributed by atoms with van der Waals surface area (Å²) in [4.78, 5) is 31.3. The average molecular weight is 320 g/mol. The first-order chi connectivity index (χ1) is 11.7. The van der Waals surface area contributed by atoms with Crippen molar-refractivity contribution < 1.29 is 9.53 Å². The van der Waals surface area contributed by atoms with Crippen molar-refractivity contribution in [2.45, 2.75) is 24.9 Å². The molecule has 24 heavy (non-hydrogen) atoms. The van der Waals surface area contributed by atoms with Gasteiger partial charge in [-0.2, -0.15) is 0 Å². The fourth-order valence-corrected chi connectivity index (χ4v) is 3.03. The van der Waals surface area contributed by atoms with E-state index in [0.29, 0.717) is 11.1 Å². The Morgan fingerprint density at radius 3 is 2.67 bits per heavy atom. The maximum absolute atomic E-state index is 12.5. The highest BCUT2D eigenvalue weighted by Gasteiger charge is 2.52. The summed E-state index contributed by atoms with van der Waals surface area (Å²) in [6.07, 6.45) is 4.93. The lowest BCUT2D eigenvalue weighted by Gasteiger charge is -2.14. The normalized spacial score (nSPS) is 15.2. The van der Waals surface area contributed by atoms with Crippen LogP contribution in [0.25, 0.3) is 10.8 Å². The van der Waals surface area contributed by atoms with Gasteiger partial charge in [0.1, 0.15) is 6.61 Å². The van der Waals surface area contributed by atoms with Gasteiger partial charge in [0.05, 0.1) is 11.1 Å². The molecule has 1 saturated carbocycles. The Morgan fingerprint density at radius 1 is 1.17 bits per heavy atom. The van der Waals surface area contributed by atoms with Crippen LogP contribution in [0.1, 0.15) is 24.1 Å². The number of carbonyl (C=O) groups is 1. The van der Waals surface area contributed by atoms with Crippen molar-refractivity contribution in [3.63, 3.8) is 0 Å². The number of hydrogen-bond donors (Lipinski definition) is 1. The summed E-state index contributed by atoms with van der Waals surface area (Å²) in [5.41, 5.74) is 0.821. The Morgan fingerprint density at radius 2 is 1.92 bits per heavy atom. The van der Waals surface area contributed by atoms with Gasteiger partial charge in [-0.1, -0.05) is 18.2 Å². The van der Waals surface area contributed by atoms with E-state index >= 15 is 0 Å². The molecule has 1 N–H and O–H groups in total. The molecule has 0 atom stereocenters. The van der Waals surface area contributed by atoms with Crippen LogP contribution in [0.3, 0.4) is 0 Å². The van der Waals surface area contributed by atoms with Crippen molar-refractivity contribution in [2.75, 3.05) is 0 Å². The van der Waals surface area contributed by atoms with E-state index in [1.54, 1.807) is 18.5 Å². The smallest absolute Gasteiger partial charge is 0.316 e. The molecule has 0 spiro atoms. The second kappa shape index (κ2) is 5.60. The third kappa shape index (κ3) is 2.48. The zero-order valence-corrected chi connectivity index (χ0v) is 13.0. The molecule has 0 amide bonds. The number of pyridine rings is 2. The zero-order valence-electron chi connectivity index (χ0n) is 13.0. The summed E-state index contributed by atoms with van der Waals surface area (Å²) < 4.78 is 5.48. The molecule has 0 bridgehead atoms. The predicted octanol–water partition coefficient (Wildman–Crippen LogP) is 2.70. The molecule has 5 heteroatoms. The molecule has 0 unspecified atom stereocenters. The SMILES string of the molecule is O=C(OCc1cc2ccccc2c(=O)[nH]1)C1(c2ccncc2)CC1. The van der Waals surface area contributed by atoms with Gasteiger partial charge in [0.15, 0.2) is 0 Å². The minimum Gasteiger partial charge on any atom is -0.459 e. The molecule has 1 fully saturated rings. The van der Waals surface area contributed by atoms with Crippen LogP contribution in [0.5, 0.6) is 0 Å². The van der Waals surface area contributed by atoms with E-state index < -0.39 is 5.41 Å². The number of benzene rings is 1. The third-order valence-corrected chi connectivity index (χ3v) is 4.54. The lowest BCUT2D eigenvalue weighted by molar-refractivity contribution is -0.148. The monoisotopic (exact) mass is 320 g/mol. The fraction of sp³-hybridized carbons (Fsp3) is 0.211. The molecule has 0 radical (unpaired) electrons. The first kappa shape index (κ1) is 14.6. The number of carbonyl (C=O) groups excluding carboxylic acids is 1. The van der Waals surface area contributed by atoms with Gasteiger partial charge in [0.25, 0.3) is 5.56 Å². The Bertz CT molecular complexity index is 959. The largest absolute Gasteiger partial charge is 0.459 e. The topological polar surface area (TPSA) is 72.1 Å². The maximum Gasteiger partial charge on any atom is 0.316 e. The lowest BCUT2D eigenvalue weighted by atomic mass is 9.97. The van der Waals surface area contributed by atoms with Crippen LogP contribution in [-0.4, -0.2) is 15.9 Å². The second-order valence-corrected chi connectivity index (χ2v) is 6.11. The van der Waals surface area contributed by atoms with Crippen LogP contribution < -0.4 is 5.56 Å². The van der Waals surface area contributed by atoms with E-state index in [1.165, 1.54) is 0 Å². The number of hydrogen-bond acceptors (Lipinski definition) is 4. The van der Waals surface area contributed by atoms with Gasteiger partial charge in [0, 0.05) is 17.8 Å². The van der Waals surface area contributed by atoms with E-state index in [2.05, 4.69) is 9.97 Å². The highest BCUT2D eigenvalue weighted by molar-refractivity contribution is 5.86. The molecule has 1 aromatic carbocycles.